The highest BCUT2D eigenvalue weighted by molar-refractivity contribution is 5.85. The number of rotatable bonds is 4. The molecule has 2 aliphatic rings. The van der Waals surface area contributed by atoms with Gasteiger partial charge in [-0.25, -0.2) is 4.79 Å². The Hall–Kier alpha value is -1.25. The van der Waals surface area contributed by atoms with Gasteiger partial charge >= 0.3 is 18.3 Å². The number of halogens is 6. The summed E-state index contributed by atoms with van der Waals surface area (Å²) in [4.78, 5) is 11.0. The molecule has 2 aliphatic carbocycles. The van der Waals surface area contributed by atoms with Gasteiger partial charge in [-0.05, 0) is 56.3 Å². The predicted octanol–water partition coefficient (Wildman–Crippen LogP) is 4.07. The van der Waals surface area contributed by atoms with Crippen LogP contribution in [0.25, 0.3) is 0 Å². The first-order chi connectivity index (χ1) is 10.7. The molecule has 2 bridgehead atoms. The van der Waals surface area contributed by atoms with Gasteiger partial charge < -0.3 is 10.2 Å². The van der Waals surface area contributed by atoms with Crippen molar-refractivity contribution < 1.29 is 41.4 Å². The Morgan fingerprint density at radius 3 is 2.17 bits per heavy atom. The number of carbonyl (C=O) groups is 1. The van der Waals surface area contributed by atoms with Gasteiger partial charge in [-0.2, -0.15) is 26.3 Å². The van der Waals surface area contributed by atoms with Crippen LogP contribution in [0.1, 0.15) is 39.0 Å². The van der Waals surface area contributed by atoms with Crippen LogP contribution in [0.2, 0.25) is 0 Å². The number of carboxylic acids is 1. The summed E-state index contributed by atoms with van der Waals surface area (Å²) in [5.41, 5.74) is -5.92. The van der Waals surface area contributed by atoms with Crippen molar-refractivity contribution in [3.8, 4) is 0 Å². The summed E-state index contributed by atoms with van der Waals surface area (Å²) in [5.74, 6) is -2.38. The monoisotopic (exact) mass is 360 g/mol. The molecule has 2 rings (SSSR count). The molecule has 3 atom stereocenters. The fraction of sp³-hybridized carbons (Fsp3) is 0.800. The van der Waals surface area contributed by atoms with E-state index in [-0.39, 0.29) is 17.9 Å². The lowest BCUT2D eigenvalue weighted by molar-refractivity contribution is -0.373. The van der Waals surface area contributed by atoms with E-state index in [1.807, 2.05) is 0 Å². The lowest BCUT2D eigenvalue weighted by atomic mass is 9.69. The molecule has 0 saturated heterocycles. The minimum Gasteiger partial charge on any atom is -0.478 e. The summed E-state index contributed by atoms with van der Waals surface area (Å²) < 4.78 is 77.6. The molecule has 2 fully saturated rings. The highest BCUT2D eigenvalue weighted by Gasteiger charge is 2.72. The molecular formula is C15H18F6O3. The third-order valence-electron chi connectivity index (χ3n) is 5.44. The zero-order valence-corrected chi connectivity index (χ0v) is 12.8. The van der Waals surface area contributed by atoms with Crippen molar-refractivity contribution in [1.82, 2.24) is 0 Å². The Labute approximate surface area is 134 Å². The molecule has 9 heteroatoms. The van der Waals surface area contributed by atoms with E-state index in [2.05, 4.69) is 0 Å². The first-order valence-electron chi connectivity index (χ1n) is 7.50. The van der Waals surface area contributed by atoms with E-state index in [1.165, 1.54) is 13.0 Å². The fourth-order valence-corrected chi connectivity index (χ4v) is 4.20. The van der Waals surface area contributed by atoms with Crippen molar-refractivity contribution in [1.29, 1.82) is 0 Å². The van der Waals surface area contributed by atoms with Gasteiger partial charge in [0, 0.05) is 5.57 Å². The van der Waals surface area contributed by atoms with Crippen LogP contribution in [0.5, 0.6) is 0 Å². The molecule has 24 heavy (non-hydrogen) atoms. The predicted molar refractivity (Wildman–Crippen MR) is 71.0 cm³/mol. The summed E-state index contributed by atoms with van der Waals surface area (Å²) in [7, 11) is 0. The number of fused-ring (bicyclic) bond motifs is 2. The average molecular weight is 360 g/mol. The van der Waals surface area contributed by atoms with Gasteiger partial charge in [0.2, 0.25) is 0 Å². The van der Waals surface area contributed by atoms with Gasteiger partial charge in [0.15, 0.2) is 0 Å². The largest absolute Gasteiger partial charge is 0.478 e. The maximum absolute atomic E-state index is 12.9. The normalized spacial score (nSPS) is 31.6. The van der Waals surface area contributed by atoms with Crippen molar-refractivity contribution in [2.45, 2.75) is 57.0 Å². The molecule has 0 aromatic carbocycles. The number of carboxylic acid groups (broad SMARTS) is 1. The van der Waals surface area contributed by atoms with Crippen molar-refractivity contribution in [2.75, 3.05) is 0 Å². The van der Waals surface area contributed by atoms with Crippen LogP contribution in [0.15, 0.2) is 11.6 Å². The zero-order valence-electron chi connectivity index (χ0n) is 12.8. The van der Waals surface area contributed by atoms with Gasteiger partial charge in [-0.15, -0.1) is 0 Å². The van der Waals surface area contributed by atoms with E-state index in [4.69, 9.17) is 5.11 Å². The second-order valence-corrected chi connectivity index (χ2v) is 6.97. The van der Waals surface area contributed by atoms with E-state index >= 15 is 0 Å². The molecule has 3 nitrogen and oxygen atoms in total. The molecule has 0 aromatic heterocycles. The summed E-state index contributed by atoms with van der Waals surface area (Å²) in [6.07, 6.45) is -10.5. The third kappa shape index (κ3) is 3.02. The SMILES string of the molecule is CC(=CC12CCC(CC1CC(O)(C(F)(F)F)C(F)(F)F)C2)C(=O)O. The van der Waals surface area contributed by atoms with Crippen LogP contribution in [-0.2, 0) is 4.79 Å². The van der Waals surface area contributed by atoms with Gasteiger partial charge in [-0.3, -0.25) is 0 Å². The van der Waals surface area contributed by atoms with Crippen molar-refractivity contribution >= 4 is 5.97 Å². The number of hydrogen-bond donors (Lipinski definition) is 2. The maximum Gasteiger partial charge on any atom is 0.426 e. The second kappa shape index (κ2) is 5.64. The summed E-state index contributed by atoms with van der Waals surface area (Å²) in [6.45, 7) is 1.26. The highest BCUT2D eigenvalue weighted by Crippen LogP contribution is 2.62. The van der Waals surface area contributed by atoms with Crippen LogP contribution in [-0.4, -0.2) is 34.1 Å². The van der Waals surface area contributed by atoms with Gasteiger partial charge in [0.1, 0.15) is 0 Å². The Balaban J connectivity index is 2.37. The topological polar surface area (TPSA) is 57.5 Å². The number of hydrogen-bond acceptors (Lipinski definition) is 2. The number of allylic oxidation sites excluding steroid dienone is 1. The van der Waals surface area contributed by atoms with Crippen LogP contribution < -0.4 is 0 Å². The molecule has 138 valence electrons. The van der Waals surface area contributed by atoms with Crippen molar-refractivity contribution in [3.05, 3.63) is 11.6 Å². The molecule has 0 radical (unpaired) electrons. The van der Waals surface area contributed by atoms with Gasteiger partial charge in [-0.1, -0.05) is 6.08 Å². The van der Waals surface area contributed by atoms with Crippen LogP contribution >= 0.6 is 0 Å². The van der Waals surface area contributed by atoms with Crippen molar-refractivity contribution in [2.24, 2.45) is 17.3 Å². The molecule has 2 saturated carbocycles. The molecule has 0 heterocycles. The first kappa shape index (κ1) is 19.1. The standard InChI is InChI=1S/C15H18F6O3/c1-8(11(22)23)5-12-3-2-9(6-12)4-10(12)7-13(24,14(16,17)18)15(19,20)21/h5,9-10,24H,2-4,6-7H2,1H3,(H,22,23). The molecular weight excluding hydrogens is 342 g/mol. The van der Waals surface area contributed by atoms with E-state index in [9.17, 15) is 36.2 Å². The molecule has 0 amide bonds. The number of alkyl halides is 6. The average Bonchev–Trinajstić information content (AvgIpc) is 2.93. The third-order valence-corrected chi connectivity index (χ3v) is 5.44. The Morgan fingerprint density at radius 1 is 1.21 bits per heavy atom. The molecule has 0 aromatic rings. The Bertz CT molecular complexity index is 536. The zero-order chi connectivity index (χ0) is 18.6. The Kier molecular flexibility index (Phi) is 4.48. The highest BCUT2D eigenvalue weighted by atomic mass is 19.4. The van der Waals surface area contributed by atoms with E-state index in [0.29, 0.717) is 19.3 Å². The van der Waals surface area contributed by atoms with E-state index < -0.39 is 41.7 Å². The fourth-order valence-electron chi connectivity index (χ4n) is 4.20. The summed E-state index contributed by atoms with van der Waals surface area (Å²) >= 11 is 0. The minimum atomic E-state index is -5.85. The molecule has 0 aliphatic heterocycles. The van der Waals surface area contributed by atoms with Crippen molar-refractivity contribution in [3.63, 3.8) is 0 Å². The van der Waals surface area contributed by atoms with E-state index in [0.717, 1.165) is 0 Å². The number of aliphatic hydroxyl groups is 1. The molecule has 2 N–H and O–H groups in total. The first-order valence-corrected chi connectivity index (χ1v) is 7.50. The quantitative estimate of drug-likeness (QED) is 0.587. The number of aliphatic carboxylic acids is 1. The van der Waals surface area contributed by atoms with Crippen LogP contribution in [0, 0.1) is 17.3 Å². The smallest absolute Gasteiger partial charge is 0.426 e. The molecule has 3 unspecified atom stereocenters. The van der Waals surface area contributed by atoms with Crippen LogP contribution in [0.4, 0.5) is 26.3 Å². The lowest BCUT2D eigenvalue weighted by Gasteiger charge is -2.40. The van der Waals surface area contributed by atoms with Gasteiger partial charge in [0.05, 0.1) is 0 Å². The Morgan fingerprint density at radius 2 is 1.75 bits per heavy atom. The van der Waals surface area contributed by atoms with Gasteiger partial charge in [0.25, 0.3) is 5.60 Å². The lowest BCUT2D eigenvalue weighted by Crippen LogP contribution is -2.58. The molecule has 0 spiro atoms. The summed E-state index contributed by atoms with van der Waals surface area (Å²) in [6, 6.07) is 0. The summed E-state index contributed by atoms with van der Waals surface area (Å²) in [5, 5.41) is 18.4. The van der Waals surface area contributed by atoms with Crippen LogP contribution in [0.3, 0.4) is 0 Å². The minimum absolute atomic E-state index is 0.0430. The maximum atomic E-state index is 12.9. The second-order valence-electron chi connectivity index (χ2n) is 6.97. The van der Waals surface area contributed by atoms with E-state index in [1.54, 1.807) is 0 Å².